The standard InChI is InChI=1S/C15H20FNOS/c1-3-19-14-6-4-5-13(14)17-15(18)11-8-7-10(2)9-12(11)16/h7-9,13-14H,3-6H2,1-2H3,(H,17,18). The maximum Gasteiger partial charge on any atom is 0.254 e. The fraction of sp³-hybridized carbons (Fsp3) is 0.533. The number of halogens is 1. The molecule has 1 amide bonds. The molecule has 2 nitrogen and oxygen atoms in total. The number of nitrogens with one attached hydrogen (secondary N) is 1. The third kappa shape index (κ3) is 3.50. The summed E-state index contributed by atoms with van der Waals surface area (Å²) in [4.78, 5) is 12.1. The molecule has 4 heteroatoms. The fourth-order valence-electron chi connectivity index (χ4n) is 2.56. The van der Waals surface area contributed by atoms with E-state index in [-0.39, 0.29) is 17.5 Å². The summed E-state index contributed by atoms with van der Waals surface area (Å²) in [6.45, 7) is 3.94. The van der Waals surface area contributed by atoms with Crippen LogP contribution in [0.25, 0.3) is 0 Å². The van der Waals surface area contributed by atoms with Crippen molar-refractivity contribution in [3.8, 4) is 0 Å². The van der Waals surface area contributed by atoms with E-state index in [0.717, 1.165) is 30.6 Å². The van der Waals surface area contributed by atoms with Crippen molar-refractivity contribution in [2.75, 3.05) is 5.75 Å². The van der Waals surface area contributed by atoms with E-state index in [2.05, 4.69) is 12.2 Å². The second-order valence-corrected chi connectivity index (χ2v) is 6.50. The van der Waals surface area contributed by atoms with E-state index < -0.39 is 5.82 Å². The minimum Gasteiger partial charge on any atom is -0.348 e. The minimum absolute atomic E-state index is 0.151. The molecular formula is C15H20FNOS. The van der Waals surface area contributed by atoms with Crippen LogP contribution in [0.4, 0.5) is 4.39 Å². The van der Waals surface area contributed by atoms with Gasteiger partial charge < -0.3 is 5.32 Å². The molecule has 1 aliphatic carbocycles. The summed E-state index contributed by atoms with van der Waals surface area (Å²) in [6, 6.07) is 4.92. The molecule has 0 heterocycles. The second-order valence-electron chi connectivity index (χ2n) is 4.99. The quantitative estimate of drug-likeness (QED) is 0.914. The van der Waals surface area contributed by atoms with E-state index in [1.165, 1.54) is 6.07 Å². The van der Waals surface area contributed by atoms with Crippen LogP contribution in [-0.4, -0.2) is 23.0 Å². The van der Waals surface area contributed by atoms with Crippen LogP contribution in [0.3, 0.4) is 0 Å². The molecule has 1 aliphatic rings. The van der Waals surface area contributed by atoms with E-state index in [4.69, 9.17) is 0 Å². The Balaban J connectivity index is 2.04. The average molecular weight is 281 g/mol. The van der Waals surface area contributed by atoms with Crippen molar-refractivity contribution in [2.24, 2.45) is 0 Å². The fourth-order valence-corrected chi connectivity index (χ4v) is 3.75. The van der Waals surface area contributed by atoms with Crippen molar-refractivity contribution in [1.29, 1.82) is 0 Å². The topological polar surface area (TPSA) is 29.1 Å². The lowest BCUT2D eigenvalue weighted by atomic mass is 10.1. The molecule has 0 aliphatic heterocycles. The zero-order chi connectivity index (χ0) is 13.8. The Morgan fingerprint density at radius 2 is 2.26 bits per heavy atom. The maximum atomic E-state index is 13.8. The summed E-state index contributed by atoms with van der Waals surface area (Å²) in [6.07, 6.45) is 3.27. The smallest absolute Gasteiger partial charge is 0.254 e. The van der Waals surface area contributed by atoms with Crippen LogP contribution in [0.5, 0.6) is 0 Å². The molecule has 0 aromatic heterocycles. The van der Waals surface area contributed by atoms with E-state index in [1.54, 1.807) is 12.1 Å². The molecule has 1 saturated carbocycles. The third-order valence-electron chi connectivity index (χ3n) is 3.52. The van der Waals surface area contributed by atoms with Crippen molar-refractivity contribution in [3.63, 3.8) is 0 Å². The molecule has 0 saturated heterocycles. The molecule has 0 spiro atoms. The monoisotopic (exact) mass is 281 g/mol. The van der Waals surface area contributed by atoms with Crippen LogP contribution in [0, 0.1) is 12.7 Å². The van der Waals surface area contributed by atoms with E-state index in [9.17, 15) is 9.18 Å². The summed E-state index contributed by atoms with van der Waals surface area (Å²) in [5, 5.41) is 3.47. The molecule has 2 unspecified atom stereocenters. The molecule has 1 aromatic carbocycles. The first kappa shape index (κ1) is 14.4. The zero-order valence-electron chi connectivity index (χ0n) is 11.4. The normalized spacial score (nSPS) is 22.5. The van der Waals surface area contributed by atoms with Crippen LogP contribution < -0.4 is 5.32 Å². The average Bonchev–Trinajstić information content (AvgIpc) is 2.77. The van der Waals surface area contributed by atoms with Gasteiger partial charge in [0, 0.05) is 11.3 Å². The Morgan fingerprint density at radius 1 is 1.47 bits per heavy atom. The number of amides is 1. The van der Waals surface area contributed by atoms with Gasteiger partial charge in [0.15, 0.2) is 0 Å². The van der Waals surface area contributed by atoms with E-state index in [0.29, 0.717) is 5.25 Å². The van der Waals surface area contributed by atoms with Gasteiger partial charge in [-0.2, -0.15) is 11.8 Å². The summed E-state index contributed by atoms with van der Waals surface area (Å²) >= 11 is 1.88. The SMILES string of the molecule is CCSC1CCCC1NC(=O)c1ccc(C)cc1F. The number of hydrogen-bond acceptors (Lipinski definition) is 2. The van der Waals surface area contributed by atoms with Crippen LogP contribution in [0.2, 0.25) is 0 Å². The predicted molar refractivity (Wildman–Crippen MR) is 78.2 cm³/mol. The van der Waals surface area contributed by atoms with Gasteiger partial charge in [-0.05, 0) is 43.2 Å². The highest BCUT2D eigenvalue weighted by atomic mass is 32.2. The molecule has 1 aromatic rings. The summed E-state index contributed by atoms with van der Waals surface area (Å²) in [5.41, 5.74) is 0.979. The third-order valence-corrected chi connectivity index (χ3v) is 4.84. The lowest BCUT2D eigenvalue weighted by molar-refractivity contribution is 0.0934. The van der Waals surface area contributed by atoms with Crippen LogP contribution in [0.1, 0.15) is 42.1 Å². The molecule has 2 atom stereocenters. The molecule has 0 bridgehead atoms. The van der Waals surface area contributed by atoms with Gasteiger partial charge >= 0.3 is 0 Å². The Labute approximate surface area is 118 Å². The highest BCUT2D eigenvalue weighted by Crippen LogP contribution is 2.30. The van der Waals surface area contributed by atoms with Crippen molar-refractivity contribution >= 4 is 17.7 Å². The van der Waals surface area contributed by atoms with Gasteiger partial charge in [-0.25, -0.2) is 4.39 Å². The van der Waals surface area contributed by atoms with Gasteiger partial charge in [0.2, 0.25) is 0 Å². The first-order valence-corrected chi connectivity index (χ1v) is 7.85. The van der Waals surface area contributed by atoms with E-state index >= 15 is 0 Å². The zero-order valence-corrected chi connectivity index (χ0v) is 12.2. The molecule has 104 valence electrons. The number of carbonyl (C=O) groups excluding carboxylic acids is 1. The summed E-state index contributed by atoms with van der Waals surface area (Å²) in [5.74, 6) is 0.330. The summed E-state index contributed by atoms with van der Waals surface area (Å²) in [7, 11) is 0. The number of thioether (sulfide) groups is 1. The number of hydrogen-bond donors (Lipinski definition) is 1. The van der Waals surface area contributed by atoms with Gasteiger partial charge in [-0.15, -0.1) is 0 Å². The molecule has 1 N–H and O–H groups in total. The predicted octanol–water partition coefficient (Wildman–Crippen LogP) is 3.54. The summed E-state index contributed by atoms with van der Waals surface area (Å²) < 4.78 is 13.8. The van der Waals surface area contributed by atoms with Gasteiger partial charge in [0.25, 0.3) is 5.91 Å². The van der Waals surface area contributed by atoms with Crippen molar-refractivity contribution < 1.29 is 9.18 Å². The molecular weight excluding hydrogens is 261 g/mol. The van der Waals surface area contributed by atoms with Gasteiger partial charge in [-0.1, -0.05) is 19.4 Å². The lowest BCUT2D eigenvalue weighted by Gasteiger charge is -2.20. The van der Waals surface area contributed by atoms with Gasteiger partial charge in [-0.3, -0.25) is 4.79 Å². The Bertz CT molecular complexity index is 463. The highest BCUT2D eigenvalue weighted by molar-refractivity contribution is 7.99. The Morgan fingerprint density at radius 3 is 2.95 bits per heavy atom. The number of carbonyl (C=O) groups is 1. The van der Waals surface area contributed by atoms with Crippen LogP contribution >= 0.6 is 11.8 Å². The number of aryl methyl sites for hydroxylation is 1. The van der Waals surface area contributed by atoms with Crippen LogP contribution in [-0.2, 0) is 0 Å². The molecule has 19 heavy (non-hydrogen) atoms. The lowest BCUT2D eigenvalue weighted by Crippen LogP contribution is -2.39. The maximum absolute atomic E-state index is 13.8. The minimum atomic E-state index is -0.435. The highest BCUT2D eigenvalue weighted by Gasteiger charge is 2.29. The Hall–Kier alpha value is -1.03. The van der Waals surface area contributed by atoms with Crippen molar-refractivity contribution in [3.05, 3.63) is 35.1 Å². The number of rotatable bonds is 4. The Kier molecular flexibility index (Phi) is 4.86. The van der Waals surface area contributed by atoms with Gasteiger partial charge in [0.05, 0.1) is 5.56 Å². The molecule has 2 rings (SSSR count). The van der Waals surface area contributed by atoms with Crippen molar-refractivity contribution in [2.45, 2.75) is 44.4 Å². The van der Waals surface area contributed by atoms with Crippen LogP contribution in [0.15, 0.2) is 18.2 Å². The number of benzene rings is 1. The van der Waals surface area contributed by atoms with E-state index in [1.807, 2.05) is 18.7 Å². The first-order valence-electron chi connectivity index (χ1n) is 6.80. The largest absolute Gasteiger partial charge is 0.348 e. The first-order chi connectivity index (χ1) is 9.11. The van der Waals surface area contributed by atoms with Gasteiger partial charge in [0.1, 0.15) is 5.82 Å². The molecule has 0 radical (unpaired) electrons. The second kappa shape index (κ2) is 6.42. The van der Waals surface area contributed by atoms with Crippen molar-refractivity contribution in [1.82, 2.24) is 5.32 Å². The molecule has 1 fully saturated rings.